The Morgan fingerprint density at radius 1 is 1.41 bits per heavy atom. The van der Waals surface area contributed by atoms with Crippen LogP contribution < -0.4 is 5.73 Å². The fraction of sp³-hybridized carbons (Fsp3) is 0.500. The van der Waals surface area contributed by atoms with Gasteiger partial charge >= 0.3 is 0 Å². The van der Waals surface area contributed by atoms with Crippen LogP contribution in [-0.2, 0) is 6.54 Å². The molecule has 5 nitrogen and oxygen atoms in total. The van der Waals surface area contributed by atoms with E-state index in [1.807, 2.05) is 21.6 Å². The molecule has 0 bridgehead atoms. The maximum absolute atomic E-state index is 6.08. The van der Waals surface area contributed by atoms with Crippen LogP contribution in [0.3, 0.4) is 0 Å². The van der Waals surface area contributed by atoms with Crippen LogP contribution >= 0.6 is 0 Å². The van der Waals surface area contributed by atoms with Gasteiger partial charge in [-0.25, -0.2) is 4.98 Å². The quantitative estimate of drug-likeness (QED) is 0.881. The number of rotatable bonds is 4. The third kappa shape index (κ3) is 2.18. The molecule has 0 amide bonds. The summed E-state index contributed by atoms with van der Waals surface area (Å²) in [6.07, 6.45) is 6.66. The molecule has 0 atom stereocenters. The molecule has 2 rings (SSSR count). The number of imidazole rings is 1. The summed E-state index contributed by atoms with van der Waals surface area (Å²) < 4.78 is 3.88. The van der Waals surface area contributed by atoms with E-state index in [0.29, 0.717) is 11.9 Å². The number of nitrogen functional groups attached to an aromatic ring is 1. The first kappa shape index (κ1) is 11.7. The van der Waals surface area contributed by atoms with E-state index in [0.717, 1.165) is 24.2 Å². The lowest BCUT2D eigenvalue weighted by molar-refractivity contribution is 0.603. The Labute approximate surface area is 101 Å². The van der Waals surface area contributed by atoms with Crippen LogP contribution in [0, 0.1) is 0 Å². The Hall–Kier alpha value is -1.78. The van der Waals surface area contributed by atoms with Crippen molar-refractivity contribution in [2.45, 2.75) is 39.8 Å². The summed E-state index contributed by atoms with van der Waals surface area (Å²) in [5.74, 6) is 0.705. The Morgan fingerprint density at radius 2 is 2.18 bits per heavy atom. The zero-order valence-corrected chi connectivity index (χ0v) is 10.6. The number of aromatic nitrogens is 4. The zero-order valence-electron chi connectivity index (χ0n) is 10.6. The molecule has 17 heavy (non-hydrogen) atoms. The van der Waals surface area contributed by atoms with Gasteiger partial charge < -0.3 is 10.3 Å². The predicted molar refractivity (Wildman–Crippen MR) is 68.5 cm³/mol. The van der Waals surface area contributed by atoms with Crippen molar-refractivity contribution < 1.29 is 0 Å². The van der Waals surface area contributed by atoms with E-state index in [-0.39, 0.29) is 0 Å². The molecule has 0 aliphatic carbocycles. The van der Waals surface area contributed by atoms with E-state index in [9.17, 15) is 0 Å². The molecule has 0 fully saturated rings. The molecular weight excluding hydrogens is 214 g/mol. The number of nitrogens with zero attached hydrogens (tertiary/aromatic N) is 4. The van der Waals surface area contributed by atoms with Gasteiger partial charge in [0.2, 0.25) is 0 Å². The lowest BCUT2D eigenvalue weighted by Gasteiger charge is -2.08. The van der Waals surface area contributed by atoms with Gasteiger partial charge in [0, 0.05) is 24.3 Å². The molecule has 0 aliphatic heterocycles. The van der Waals surface area contributed by atoms with E-state index >= 15 is 0 Å². The van der Waals surface area contributed by atoms with Gasteiger partial charge in [0.15, 0.2) is 0 Å². The molecule has 0 saturated heterocycles. The molecule has 0 saturated carbocycles. The Morgan fingerprint density at radius 3 is 2.76 bits per heavy atom. The molecule has 0 aliphatic rings. The molecule has 0 spiro atoms. The van der Waals surface area contributed by atoms with E-state index in [1.165, 1.54) is 0 Å². The first-order chi connectivity index (χ1) is 8.13. The number of hydrogen-bond donors (Lipinski definition) is 1. The number of anilines is 1. The maximum Gasteiger partial charge on any atom is 0.131 e. The summed E-state index contributed by atoms with van der Waals surface area (Å²) in [5.41, 5.74) is 7.89. The average Bonchev–Trinajstić information content (AvgIpc) is 2.85. The second kappa shape index (κ2) is 4.61. The topological polar surface area (TPSA) is 61.7 Å². The monoisotopic (exact) mass is 233 g/mol. The first-order valence-corrected chi connectivity index (χ1v) is 5.98. The van der Waals surface area contributed by atoms with Crippen molar-refractivity contribution in [2.75, 3.05) is 5.73 Å². The van der Waals surface area contributed by atoms with Crippen LogP contribution in [0.2, 0.25) is 0 Å². The highest BCUT2D eigenvalue weighted by Crippen LogP contribution is 2.25. The molecule has 0 radical (unpaired) electrons. The van der Waals surface area contributed by atoms with Crippen molar-refractivity contribution in [3.05, 3.63) is 18.7 Å². The largest absolute Gasteiger partial charge is 0.383 e. The Bertz CT molecular complexity index is 495. The van der Waals surface area contributed by atoms with Gasteiger partial charge in [0.25, 0.3) is 0 Å². The number of nitrogens with two attached hydrogens (primary N) is 1. The second-order valence-corrected chi connectivity index (χ2v) is 4.47. The molecular formula is C12H19N5. The molecule has 0 unspecified atom stereocenters. The molecule has 0 aromatic carbocycles. The van der Waals surface area contributed by atoms with Gasteiger partial charge in [-0.05, 0) is 20.3 Å². The number of hydrogen-bond acceptors (Lipinski definition) is 3. The third-order valence-electron chi connectivity index (χ3n) is 2.75. The van der Waals surface area contributed by atoms with Crippen molar-refractivity contribution in [2.24, 2.45) is 0 Å². The minimum atomic E-state index is 0.321. The van der Waals surface area contributed by atoms with E-state index in [2.05, 4.69) is 30.9 Å². The summed E-state index contributed by atoms with van der Waals surface area (Å²) >= 11 is 0. The Kier molecular flexibility index (Phi) is 3.17. The van der Waals surface area contributed by atoms with Gasteiger partial charge in [0.05, 0.1) is 12.5 Å². The van der Waals surface area contributed by atoms with Crippen LogP contribution in [0.5, 0.6) is 0 Å². The smallest absolute Gasteiger partial charge is 0.131 e. The molecule has 2 aromatic heterocycles. The van der Waals surface area contributed by atoms with Crippen molar-refractivity contribution in [1.29, 1.82) is 0 Å². The normalized spacial score (nSPS) is 11.3. The highest BCUT2D eigenvalue weighted by atomic mass is 15.3. The van der Waals surface area contributed by atoms with Gasteiger partial charge in [-0.1, -0.05) is 6.92 Å². The fourth-order valence-corrected chi connectivity index (χ4v) is 1.84. The molecule has 5 heteroatoms. The minimum absolute atomic E-state index is 0.321. The van der Waals surface area contributed by atoms with Crippen molar-refractivity contribution in [3.63, 3.8) is 0 Å². The predicted octanol–water partition coefficient (Wildman–Crippen LogP) is 2.32. The fourth-order valence-electron chi connectivity index (χ4n) is 1.84. The van der Waals surface area contributed by atoms with Crippen molar-refractivity contribution >= 4 is 5.82 Å². The van der Waals surface area contributed by atoms with Crippen LogP contribution in [-0.4, -0.2) is 19.3 Å². The highest BCUT2D eigenvalue weighted by molar-refractivity contribution is 5.69. The maximum atomic E-state index is 6.08. The highest BCUT2D eigenvalue weighted by Gasteiger charge is 2.13. The average molecular weight is 233 g/mol. The second-order valence-electron chi connectivity index (χ2n) is 4.47. The van der Waals surface area contributed by atoms with Gasteiger partial charge in [-0.3, -0.25) is 4.68 Å². The molecule has 2 N–H and O–H groups in total. The summed E-state index contributed by atoms with van der Waals surface area (Å²) in [4.78, 5) is 4.37. The lowest BCUT2D eigenvalue weighted by Crippen LogP contribution is -2.04. The molecule has 2 heterocycles. The van der Waals surface area contributed by atoms with Crippen LogP contribution in [0.1, 0.15) is 33.2 Å². The Balaban J connectivity index is 2.32. The van der Waals surface area contributed by atoms with Crippen LogP contribution in [0.4, 0.5) is 5.82 Å². The summed E-state index contributed by atoms with van der Waals surface area (Å²) in [6, 6.07) is 0.321. The summed E-state index contributed by atoms with van der Waals surface area (Å²) in [6.45, 7) is 7.22. The molecule has 92 valence electrons. The summed E-state index contributed by atoms with van der Waals surface area (Å²) in [7, 11) is 0. The van der Waals surface area contributed by atoms with E-state index < -0.39 is 0 Å². The first-order valence-electron chi connectivity index (χ1n) is 5.98. The van der Waals surface area contributed by atoms with Crippen LogP contribution in [0.15, 0.2) is 18.7 Å². The van der Waals surface area contributed by atoms with Crippen molar-refractivity contribution in [3.8, 4) is 11.3 Å². The van der Waals surface area contributed by atoms with E-state index in [4.69, 9.17) is 5.73 Å². The van der Waals surface area contributed by atoms with Crippen molar-refractivity contribution in [1.82, 2.24) is 19.3 Å². The van der Waals surface area contributed by atoms with Gasteiger partial charge in [-0.15, -0.1) is 0 Å². The van der Waals surface area contributed by atoms with E-state index in [1.54, 1.807) is 6.33 Å². The van der Waals surface area contributed by atoms with Crippen LogP contribution in [0.25, 0.3) is 11.3 Å². The zero-order chi connectivity index (χ0) is 12.4. The summed E-state index contributed by atoms with van der Waals surface area (Å²) in [5, 5.41) is 4.29. The number of aryl methyl sites for hydroxylation is 1. The third-order valence-corrected chi connectivity index (χ3v) is 2.75. The molecule has 2 aromatic rings. The van der Waals surface area contributed by atoms with Gasteiger partial charge in [-0.2, -0.15) is 5.10 Å². The minimum Gasteiger partial charge on any atom is -0.383 e. The lowest BCUT2D eigenvalue weighted by atomic mass is 10.2. The SMILES string of the molecule is CCCn1cc(-c2ncn(C(C)C)c2N)cn1. The standard InChI is InChI=1S/C12H19N5/c1-4-5-16-7-10(6-15-16)11-12(13)17(8-14-11)9(2)3/h6-9H,4-5,13H2,1-3H3. The van der Waals surface area contributed by atoms with Gasteiger partial charge in [0.1, 0.15) is 11.5 Å².